The Morgan fingerprint density at radius 1 is 1.29 bits per heavy atom. The summed E-state index contributed by atoms with van der Waals surface area (Å²) in [6.45, 7) is 1.83. The van der Waals surface area contributed by atoms with Crippen molar-refractivity contribution in [1.82, 2.24) is 0 Å². The van der Waals surface area contributed by atoms with Gasteiger partial charge in [-0.2, -0.15) is 0 Å². The molecule has 3 rings (SSSR count). The molecular formula is C18H13BrFNO3. The van der Waals surface area contributed by atoms with Crippen LogP contribution in [0.2, 0.25) is 0 Å². The number of halogens is 2. The standard InChI is InChI=1S/C18H13BrFNO3/c1-11-14(18(22)24-21-11)8-12-6-7-17(15(19)9-12)23-10-13-4-2-3-5-16(13)20/h2-9H,10H2,1H3/b14-8-. The molecule has 2 aromatic carbocycles. The third-order valence-corrected chi connectivity index (χ3v) is 4.10. The lowest BCUT2D eigenvalue weighted by molar-refractivity contribution is -0.136. The van der Waals surface area contributed by atoms with Crippen LogP contribution in [-0.2, 0) is 16.2 Å². The minimum atomic E-state index is -0.469. The smallest absolute Gasteiger partial charge is 0.367 e. The summed E-state index contributed by atoms with van der Waals surface area (Å²) in [6.07, 6.45) is 1.69. The summed E-state index contributed by atoms with van der Waals surface area (Å²) in [6, 6.07) is 11.8. The van der Waals surface area contributed by atoms with Crippen LogP contribution < -0.4 is 4.74 Å². The Bertz CT molecular complexity index is 861. The minimum Gasteiger partial charge on any atom is -0.488 e. The third kappa shape index (κ3) is 3.54. The predicted octanol–water partition coefficient (Wildman–Crippen LogP) is 4.48. The summed E-state index contributed by atoms with van der Waals surface area (Å²) in [7, 11) is 0. The Hall–Kier alpha value is -2.47. The zero-order valence-electron chi connectivity index (χ0n) is 12.8. The van der Waals surface area contributed by atoms with Crippen molar-refractivity contribution in [3.8, 4) is 5.75 Å². The zero-order chi connectivity index (χ0) is 17.1. The lowest BCUT2D eigenvalue weighted by Crippen LogP contribution is -2.02. The van der Waals surface area contributed by atoms with Crippen molar-refractivity contribution < 1.29 is 18.8 Å². The van der Waals surface area contributed by atoms with E-state index in [-0.39, 0.29) is 12.4 Å². The Balaban J connectivity index is 1.76. The second kappa shape index (κ2) is 6.97. The highest BCUT2D eigenvalue weighted by molar-refractivity contribution is 9.10. The van der Waals surface area contributed by atoms with Crippen LogP contribution in [-0.4, -0.2) is 11.7 Å². The van der Waals surface area contributed by atoms with Gasteiger partial charge in [-0.15, -0.1) is 0 Å². The summed E-state index contributed by atoms with van der Waals surface area (Å²) >= 11 is 3.42. The molecule has 0 aromatic heterocycles. The van der Waals surface area contributed by atoms with Crippen LogP contribution in [0, 0.1) is 5.82 Å². The van der Waals surface area contributed by atoms with Crippen molar-refractivity contribution in [1.29, 1.82) is 0 Å². The Labute approximate surface area is 146 Å². The zero-order valence-corrected chi connectivity index (χ0v) is 14.3. The number of rotatable bonds is 4. The predicted molar refractivity (Wildman–Crippen MR) is 92.1 cm³/mol. The van der Waals surface area contributed by atoms with Gasteiger partial charge in [0.05, 0.1) is 15.8 Å². The van der Waals surface area contributed by atoms with Crippen molar-refractivity contribution in [3.05, 3.63) is 69.5 Å². The summed E-state index contributed by atoms with van der Waals surface area (Å²) in [5, 5.41) is 3.63. The fourth-order valence-corrected chi connectivity index (χ4v) is 2.69. The van der Waals surface area contributed by atoms with E-state index in [2.05, 4.69) is 25.9 Å². The average molecular weight is 390 g/mol. The number of ether oxygens (including phenoxy) is 1. The van der Waals surface area contributed by atoms with Crippen LogP contribution >= 0.6 is 15.9 Å². The van der Waals surface area contributed by atoms with Gasteiger partial charge in [-0.05, 0) is 52.7 Å². The van der Waals surface area contributed by atoms with Crippen molar-refractivity contribution in [2.24, 2.45) is 5.16 Å². The topological polar surface area (TPSA) is 47.9 Å². The molecular weight excluding hydrogens is 377 g/mol. The highest BCUT2D eigenvalue weighted by atomic mass is 79.9. The average Bonchev–Trinajstić information content (AvgIpc) is 2.87. The molecule has 122 valence electrons. The van der Waals surface area contributed by atoms with Crippen LogP contribution in [0.15, 0.2) is 57.7 Å². The maximum absolute atomic E-state index is 13.6. The van der Waals surface area contributed by atoms with E-state index < -0.39 is 5.97 Å². The number of hydrogen-bond donors (Lipinski definition) is 0. The van der Waals surface area contributed by atoms with Gasteiger partial charge in [0.1, 0.15) is 18.2 Å². The molecule has 6 heteroatoms. The normalized spacial score (nSPS) is 15.4. The Kier molecular flexibility index (Phi) is 4.76. The molecule has 0 bridgehead atoms. The fraction of sp³-hybridized carbons (Fsp3) is 0.111. The molecule has 2 aromatic rings. The molecule has 0 spiro atoms. The Morgan fingerprint density at radius 3 is 2.75 bits per heavy atom. The lowest BCUT2D eigenvalue weighted by Gasteiger charge is -2.09. The number of carbonyl (C=O) groups is 1. The van der Waals surface area contributed by atoms with Crippen molar-refractivity contribution in [2.75, 3.05) is 0 Å². The van der Waals surface area contributed by atoms with E-state index in [9.17, 15) is 9.18 Å². The number of nitrogens with zero attached hydrogens (tertiary/aromatic N) is 1. The van der Waals surface area contributed by atoms with Crippen molar-refractivity contribution in [2.45, 2.75) is 13.5 Å². The number of carbonyl (C=O) groups excluding carboxylic acids is 1. The molecule has 0 unspecified atom stereocenters. The number of hydrogen-bond acceptors (Lipinski definition) is 4. The molecule has 4 nitrogen and oxygen atoms in total. The first-order valence-corrected chi connectivity index (χ1v) is 7.97. The second-order valence-corrected chi connectivity index (χ2v) is 6.04. The maximum Gasteiger partial charge on any atom is 0.367 e. The van der Waals surface area contributed by atoms with Gasteiger partial charge < -0.3 is 9.57 Å². The third-order valence-electron chi connectivity index (χ3n) is 3.48. The van der Waals surface area contributed by atoms with Crippen molar-refractivity contribution >= 4 is 33.7 Å². The molecule has 0 aliphatic carbocycles. The van der Waals surface area contributed by atoms with Gasteiger partial charge in [-0.3, -0.25) is 0 Å². The molecule has 24 heavy (non-hydrogen) atoms. The van der Waals surface area contributed by atoms with E-state index in [1.165, 1.54) is 6.07 Å². The SMILES string of the molecule is CC1=NOC(=O)/C1=C\c1ccc(OCc2ccccc2F)c(Br)c1. The quantitative estimate of drug-likeness (QED) is 0.571. The minimum absolute atomic E-state index is 0.129. The summed E-state index contributed by atoms with van der Waals surface area (Å²) in [4.78, 5) is 16.2. The first-order valence-electron chi connectivity index (χ1n) is 7.18. The van der Waals surface area contributed by atoms with E-state index in [0.29, 0.717) is 27.1 Å². The van der Waals surface area contributed by atoms with E-state index in [1.807, 2.05) is 6.07 Å². The second-order valence-electron chi connectivity index (χ2n) is 5.18. The van der Waals surface area contributed by atoms with Crippen LogP contribution in [0.25, 0.3) is 6.08 Å². The molecule has 0 N–H and O–H groups in total. The van der Waals surface area contributed by atoms with Gasteiger partial charge in [0.25, 0.3) is 0 Å². The molecule has 0 fully saturated rings. The molecule has 1 heterocycles. The van der Waals surface area contributed by atoms with Gasteiger partial charge in [-0.25, -0.2) is 9.18 Å². The Morgan fingerprint density at radius 2 is 2.08 bits per heavy atom. The van der Waals surface area contributed by atoms with E-state index in [4.69, 9.17) is 4.74 Å². The summed E-state index contributed by atoms with van der Waals surface area (Å²) in [5.74, 6) is -0.187. The van der Waals surface area contributed by atoms with Gasteiger partial charge >= 0.3 is 5.97 Å². The first-order chi connectivity index (χ1) is 11.5. The highest BCUT2D eigenvalue weighted by Gasteiger charge is 2.21. The monoisotopic (exact) mass is 389 g/mol. The van der Waals surface area contributed by atoms with E-state index in [1.54, 1.807) is 43.3 Å². The van der Waals surface area contributed by atoms with E-state index in [0.717, 1.165) is 5.56 Å². The first kappa shape index (κ1) is 16.4. The van der Waals surface area contributed by atoms with Crippen LogP contribution in [0.1, 0.15) is 18.1 Å². The van der Waals surface area contributed by atoms with Crippen LogP contribution in [0.4, 0.5) is 4.39 Å². The summed E-state index contributed by atoms with van der Waals surface area (Å²) in [5.41, 5.74) is 2.23. The van der Waals surface area contributed by atoms with E-state index >= 15 is 0 Å². The highest BCUT2D eigenvalue weighted by Crippen LogP contribution is 2.28. The van der Waals surface area contributed by atoms with Gasteiger partial charge in [0.15, 0.2) is 0 Å². The molecule has 0 saturated heterocycles. The van der Waals surface area contributed by atoms with Crippen LogP contribution in [0.3, 0.4) is 0 Å². The van der Waals surface area contributed by atoms with Crippen molar-refractivity contribution in [3.63, 3.8) is 0 Å². The molecule has 0 amide bonds. The van der Waals surface area contributed by atoms with Crippen LogP contribution in [0.5, 0.6) is 5.75 Å². The van der Waals surface area contributed by atoms with Gasteiger partial charge in [0, 0.05) is 5.56 Å². The molecule has 0 atom stereocenters. The molecule has 1 aliphatic rings. The fourth-order valence-electron chi connectivity index (χ4n) is 2.18. The summed E-state index contributed by atoms with van der Waals surface area (Å²) < 4.78 is 20.0. The number of benzene rings is 2. The maximum atomic E-state index is 13.6. The van der Waals surface area contributed by atoms with Gasteiger partial charge in [-0.1, -0.05) is 29.4 Å². The molecule has 1 aliphatic heterocycles. The van der Waals surface area contributed by atoms with Gasteiger partial charge in [0.2, 0.25) is 0 Å². The molecule has 0 radical (unpaired) electrons. The molecule has 0 saturated carbocycles. The lowest BCUT2D eigenvalue weighted by atomic mass is 10.1. The number of oxime groups is 1. The largest absolute Gasteiger partial charge is 0.488 e.